The highest BCUT2D eigenvalue weighted by molar-refractivity contribution is 6.05. The quantitative estimate of drug-likeness (QED) is 0.0430. The van der Waals surface area contributed by atoms with E-state index in [0.29, 0.717) is 17.9 Å². The predicted molar refractivity (Wildman–Crippen MR) is 279 cm³/mol. The first-order valence-corrected chi connectivity index (χ1v) is 22.8. The van der Waals surface area contributed by atoms with Crippen LogP contribution in [0, 0.1) is 11.8 Å². The summed E-state index contributed by atoms with van der Waals surface area (Å²) in [5.41, 5.74) is -0.466. The topological polar surface area (TPSA) is 448 Å². The molecule has 12 N–H and O–H groups in total. The SMILES string of the molecule is CC(C)Cc1ccc(C(=O)O)c(C(=O)O)c1CC(C)C.O=C(O)c1ccccc1C(=O)O.O=C(O)c1ccccc1C(=O)O.O=C(O)c1ccccc1C(=O)O.O=C(O)c1ccccc1C(=O)O.O=C(O)c1ccccc1C(=O)O. The van der Waals surface area contributed by atoms with E-state index in [4.69, 9.17) is 51.1 Å². The van der Waals surface area contributed by atoms with Crippen molar-refractivity contribution in [2.75, 3.05) is 0 Å². The van der Waals surface area contributed by atoms with Crippen molar-refractivity contribution in [3.05, 3.63) is 211 Å². The van der Waals surface area contributed by atoms with E-state index in [1.807, 2.05) is 13.8 Å². The lowest BCUT2D eigenvalue weighted by atomic mass is 9.87. The van der Waals surface area contributed by atoms with Crippen molar-refractivity contribution in [1.82, 2.24) is 0 Å². The molecular weight excluding hydrogens is 1060 g/mol. The van der Waals surface area contributed by atoms with E-state index < -0.39 is 71.6 Å². The van der Waals surface area contributed by atoms with Gasteiger partial charge >= 0.3 is 71.6 Å². The van der Waals surface area contributed by atoms with Crippen LogP contribution in [0.1, 0.15) is 163 Å². The van der Waals surface area contributed by atoms with Gasteiger partial charge in [-0.2, -0.15) is 0 Å². The minimum atomic E-state index is -1.23. The van der Waals surface area contributed by atoms with E-state index in [1.54, 1.807) is 6.07 Å². The number of rotatable bonds is 16. The van der Waals surface area contributed by atoms with Crippen molar-refractivity contribution < 1.29 is 119 Å². The van der Waals surface area contributed by atoms with Gasteiger partial charge in [-0.05, 0) is 103 Å². The van der Waals surface area contributed by atoms with E-state index in [9.17, 15) is 67.7 Å². The molecule has 0 aliphatic carbocycles. The van der Waals surface area contributed by atoms with E-state index in [-0.39, 0.29) is 72.7 Å². The first kappa shape index (κ1) is 67.0. The summed E-state index contributed by atoms with van der Waals surface area (Å²) >= 11 is 0. The monoisotopic (exact) mass is 1110 g/mol. The fourth-order valence-electron chi connectivity index (χ4n) is 6.67. The fraction of sp³-hybridized carbons (Fsp3) is 0.143. The Labute approximate surface area is 453 Å². The van der Waals surface area contributed by atoms with Crippen molar-refractivity contribution in [2.45, 2.75) is 40.5 Å². The molecule has 0 unspecified atom stereocenters. The molecule has 0 spiro atoms. The molecule has 0 aliphatic rings. The van der Waals surface area contributed by atoms with Crippen LogP contribution < -0.4 is 0 Å². The van der Waals surface area contributed by atoms with Crippen LogP contribution in [0.3, 0.4) is 0 Å². The normalized spacial score (nSPS) is 9.78. The highest BCUT2D eigenvalue weighted by atomic mass is 16.4. The van der Waals surface area contributed by atoms with Crippen LogP contribution >= 0.6 is 0 Å². The lowest BCUT2D eigenvalue weighted by molar-refractivity contribution is 0.0650. The molecule has 0 aromatic heterocycles. The molecule has 6 rings (SSSR count). The van der Waals surface area contributed by atoms with E-state index in [1.165, 1.54) is 127 Å². The third-order valence-corrected chi connectivity index (χ3v) is 10.0. The van der Waals surface area contributed by atoms with Gasteiger partial charge in [0.1, 0.15) is 0 Å². The minimum Gasteiger partial charge on any atom is -0.478 e. The zero-order valence-corrected chi connectivity index (χ0v) is 42.5. The molecule has 0 bridgehead atoms. The summed E-state index contributed by atoms with van der Waals surface area (Å²) in [6, 6.07) is 30.5. The molecule has 24 nitrogen and oxygen atoms in total. The number of carboxylic acids is 12. The average molecular weight is 1110 g/mol. The van der Waals surface area contributed by atoms with Crippen molar-refractivity contribution >= 4 is 71.6 Å². The Morgan fingerprint density at radius 2 is 0.425 bits per heavy atom. The number of hydrogen-bond acceptors (Lipinski definition) is 12. The fourth-order valence-corrected chi connectivity index (χ4v) is 6.67. The van der Waals surface area contributed by atoms with E-state index in [0.717, 1.165) is 12.0 Å². The maximum Gasteiger partial charge on any atom is 0.336 e. The number of carbonyl (C=O) groups is 12. The lowest BCUT2D eigenvalue weighted by Crippen LogP contribution is -2.16. The molecule has 6 aromatic rings. The van der Waals surface area contributed by atoms with Gasteiger partial charge in [-0.1, -0.05) is 94.4 Å². The smallest absolute Gasteiger partial charge is 0.336 e. The molecule has 6 aromatic carbocycles. The van der Waals surface area contributed by atoms with Crippen LogP contribution in [0.4, 0.5) is 0 Å². The summed E-state index contributed by atoms with van der Waals surface area (Å²) < 4.78 is 0. The molecule has 420 valence electrons. The zero-order valence-electron chi connectivity index (χ0n) is 42.5. The Bertz CT molecular complexity index is 2720. The molecular formula is C56H52O24. The second-order valence-electron chi connectivity index (χ2n) is 16.7. The van der Waals surface area contributed by atoms with Gasteiger partial charge in [-0.3, -0.25) is 0 Å². The van der Waals surface area contributed by atoms with Gasteiger partial charge in [-0.15, -0.1) is 0 Å². The van der Waals surface area contributed by atoms with Gasteiger partial charge in [-0.25, -0.2) is 57.5 Å². The summed E-state index contributed by atoms with van der Waals surface area (Å²) in [6.07, 6.45) is 1.33. The standard InChI is InChI=1S/C16H22O4.5C8H6O4/c1-9(2)7-11-5-6-12(15(17)18)14(16(19)20)13(11)8-10(3)4;5*9-7(10)5-3-1-2-4-6(5)8(11)12/h5-6,9-10H,7-8H2,1-4H3,(H,17,18)(H,19,20);5*1-4H,(H,9,10)(H,11,12). The first-order valence-electron chi connectivity index (χ1n) is 22.8. The molecule has 0 saturated carbocycles. The number of carboxylic acid groups (broad SMARTS) is 12. The summed E-state index contributed by atoms with van der Waals surface area (Å²) in [7, 11) is 0. The van der Waals surface area contributed by atoms with Crippen LogP contribution in [0.2, 0.25) is 0 Å². The van der Waals surface area contributed by atoms with Gasteiger partial charge in [0.2, 0.25) is 0 Å². The molecule has 80 heavy (non-hydrogen) atoms. The molecule has 0 aliphatic heterocycles. The van der Waals surface area contributed by atoms with Gasteiger partial charge in [0, 0.05) is 0 Å². The zero-order chi connectivity index (χ0) is 61.1. The summed E-state index contributed by atoms with van der Waals surface area (Å²) in [5.74, 6) is -14.0. The van der Waals surface area contributed by atoms with Crippen molar-refractivity contribution in [2.24, 2.45) is 11.8 Å². The Hall–Kier alpha value is -11.0. The second kappa shape index (κ2) is 32.4. The summed E-state index contributed by atoms with van der Waals surface area (Å²) in [6.45, 7) is 8.12. The van der Waals surface area contributed by atoms with E-state index in [2.05, 4.69) is 13.8 Å². The maximum atomic E-state index is 11.5. The molecule has 0 radical (unpaired) electrons. The molecule has 0 saturated heterocycles. The summed E-state index contributed by atoms with van der Waals surface area (Å²) in [5, 5.41) is 104. The van der Waals surface area contributed by atoms with Gasteiger partial charge in [0.25, 0.3) is 0 Å². The van der Waals surface area contributed by atoms with Gasteiger partial charge in [0.05, 0.1) is 66.8 Å². The van der Waals surface area contributed by atoms with Crippen molar-refractivity contribution in [3.63, 3.8) is 0 Å². The van der Waals surface area contributed by atoms with Crippen LogP contribution in [0.15, 0.2) is 133 Å². The Morgan fingerprint density at radius 3 is 0.562 bits per heavy atom. The predicted octanol–water partition coefficient (Wildman–Crippen LogP) is 8.90. The third kappa shape index (κ3) is 21.3. The summed E-state index contributed by atoms with van der Waals surface area (Å²) in [4.78, 5) is 127. The Morgan fingerprint density at radius 1 is 0.250 bits per heavy atom. The van der Waals surface area contributed by atoms with Crippen LogP contribution in [0.25, 0.3) is 0 Å². The molecule has 0 amide bonds. The average Bonchev–Trinajstić information content (AvgIpc) is 3.39. The molecule has 0 atom stereocenters. The van der Waals surface area contributed by atoms with Crippen molar-refractivity contribution in [3.8, 4) is 0 Å². The Balaban J connectivity index is 0.000000486. The van der Waals surface area contributed by atoms with Crippen LogP contribution in [-0.2, 0) is 12.8 Å². The van der Waals surface area contributed by atoms with Gasteiger partial charge < -0.3 is 61.3 Å². The lowest BCUT2D eigenvalue weighted by Gasteiger charge is -2.17. The van der Waals surface area contributed by atoms with Crippen LogP contribution in [0.5, 0.6) is 0 Å². The number of aromatic carboxylic acids is 12. The highest BCUT2D eigenvalue weighted by Crippen LogP contribution is 2.26. The minimum absolute atomic E-state index is 0.0515. The molecule has 24 heteroatoms. The second-order valence-corrected chi connectivity index (χ2v) is 16.7. The Kier molecular flexibility index (Phi) is 27.1. The number of hydrogen-bond donors (Lipinski definition) is 12. The van der Waals surface area contributed by atoms with E-state index >= 15 is 0 Å². The molecule has 0 fully saturated rings. The van der Waals surface area contributed by atoms with Gasteiger partial charge in [0.15, 0.2) is 0 Å². The third-order valence-electron chi connectivity index (χ3n) is 10.0. The van der Waals surface area contributed by atoms with Crippen molar-refractivity contribution in [1.29, 1.82) is 0 Å². The number of benzene rings is 6. The van der Waals surface area contributed by atoms with Crippen LogP contribution in [-0.4, -0.2) is 133 Å². The first-order chi connectivity index (χ1) is 37.4. The maximum absolute atomic E-state index is 11.5. The molecule has 0 heterocycles. The highest BCUT2D eigenvalue weighted by Gasteiger charge is 2.24. The largest absolute Gasteiger partial charge is 0.478 e.